The summed E-state index contributed by atoms with van der Waals surface area (Å²) in [7, 11) is 2.10. The number of hydrogen-bond acceptors (Lipinski definition) is 4. The van der Waals surface area contributed by atoms with Gasteiger partial charge in [0, 0.05) is 49.2 Å². The van der Waals surface area contributed by atoms with Gasteiger partial charge in [0.1, 0.15) is 0 Å². The fraction of sp³-hybridized carbons (Fsp3) is 0.316. The molecule has 0 saturated carbocycles. The van der Waals surface area contributed by atoms with Crippen LogP contribution in [0.5, 0.6) is 0 Å². The number of pyridine rings is 1. The number of thiocarbonyl (C=S) groups is 1. The van der Waals surface area contributed by atoms with Crippen molar-refractivity contribution in [3.63, 3.8) is 0 Å². The van der Waals surface area contributed by atoms with Crippen LogP contribution < -0.4 is 0 Å². The van der Waals surface area contributed by atoms with E-state index in [2.05, 4.69) is 21.8 Å². The average molecular weight is 374 g/mol. The molecule has 0 bridgehead atoms. The Balaban J connectivity index is 1.91. The number of halogens is 1. The average Bonchev–Trinajstić information content (AvgIpc) is 2.64. The Morgan fingerprint density at radius 1 is 1.08 bits per heavy atom. The second-order valence-electron chi connectivity index (χ2n) is 6.21. The maximum atomic E-state index is 13.2. The van der Waals surface area contributed by atoms with E-state index in [1.807, 2.05) is 12.1 Å². The number of nitrogens with zero attached hydrogens (tertiary/aromatic N) is 3. The second-order valence-corrected chi connectivity index (χ2v) is 7.07. The summed E-state index contributed by atoms with van der Waals surface area (Å²) in [6, 6.07) is 10.7. The fourth-order valence-corrected chi connectivity index (χ4v) is 3.50. The van der Waals surface area contributed by atoms with Crippen LogP contribution in [0.3, 0.4) is 0 Å². The van der Waals surface area contributed by atoms with E-state index in [4.69, 9.17) is 23.8 Å². The number of likely N-dealkylation sites (N-methyl/N-ethyl adjacent to an activating group) is 1. The summed E-state index contributed by atoms with van der Waals surface area (Å²) in [4.78, 5) is 22.4. The lowest BCUT2D eigenvalue weighted by atomic mass is 9.90. The topological polar surface area (TPSA) is 36.4 Å². The lowest BCUT2D eigenvalue weighted by Gasteiger charge is -2.36. The van der Waals surface area contributed by atoms with Crippen LogP contribution >= 0.6 is 23.8 Å². The highest BCUT2D eigenvalue weighted by molar-refractivity contribution is 7.80. The van der Waals surface area contributed by atoms with Gasteiger partial charge in [-0.2, -0.15) is 0 Å². The highest BCUT2D eigenvalue weighted by atomic mass is 35.5. The van der Waals surface area contributed by atoms with Crippen molar-refractivity contribution >= 4 is 34.6 Å². The quantitative estimate of drug-likeness (QED) is 0.607. The van der Waals surface area contributed by atoms with Crippen LogP contribution in [0.1, 0.15) is 21.8 Å². The third-order valence-electron chi connectivity index (χ3n) is 4.49. The van der Waals surface area contributed by atoms with Crippen LogP contribution in [-0.2, 0) is 0 Å². The standard InChI is InChI=1S/C19H20ClN3OS/c1-22-10-12-23(13-11-22)19(25)17(14-6-8-21-9-7-14)18(24)15-2-4-16(20)5-3-15/h2-9,17H,10-13H2,1H3. The number of carbonyl (C=O) groups is 1. The molecule has 1 atom stereocenters. The lowest BCUT2D eigenvalue weighted by molar-refractivity contribution is 0.0977. The first-order valence-electron chi connectivity index (χ1n) is 8.23. The molecule has 1 aromatic heterocycles. The molecule has 0 aliphatic carbocycles. The van der Waals surface area contributed by atoms with Crippen molar-refractivity contribution in [1.82, 2.24) is 14.8 Å². The van der Waals surface area contributed by atoms with E-state index in [-0.39, 0.29) is 5.78 Å². The van der Waals surface area contributed by atoms with E-state index in [1.54, 1.807) is 36.7 Å². The van der Waals surface area contributed by atoms with Crippen LogP contribution in [0.4, 0.5) is 0 Å². The zero-order chi connectivity index (χ0) is 17.8. The third kappa shape index (κ3) is 4.24. The molecule has 25 heavy (non-hydrogen) atoms. The van der Waals surface area contributed by atoms with Crippen LogP contribution in [0, 0.1) is 0 Å². The lowest BCUT2D eigenvalue weighted by Crippen LogP contribution is -2.48. The van der Waals surface area contributed by atoms with Gasteiger partial charge in [0.05, 0.1) is 10.9 Å². The number of aromatic nitrogens is 1. The molecule has 3 rings (SSSR count). The van der Waals surface area contributed by atoms with Gasteiger partial charge in [0.2, 0.25) is 0 Å². The fourth-order valence-electron chi connectivity index (χ4n) is 2.95. The van der Waals surface area contributed by atoms with Crippen molar-refractivity contribution in [3.8, 4) is 0 Å². The molecular formula is C19H20ClN3OS. The van der Waals surface area contributed by atoms with Gasteiger partial charge < -0.3 is 9.80 Å². The Morgan fingerprint density at radius 2 is 1.68 bits per heavy atom. The maximum absolute atomic E-state index is 13.2. The maximum Gasteiger partial charge on any atom is 0.177 e. The molecule has 2 aromatic rings. The second kappa shape index (κ2) is 8.04. The summed E-state index contributed by atoms with van der Waals surface area (Å²) in [5, 5.41) is 0.610. The molecule has 0 amide bonds. The molecular weight excluding hydrogens is 354 g/mol. The van der Waals surface area contributed by atoms with Crippen LogP contribution in [0.2, 0.25) is 5.02 Å². The Morgan fingerprint density at radius 3 is 2.28 bits per heavy atom. The molecule has 2 heterocycles. The number of ketones is 1. The van der Waals surface area contributed by atoms with Gasteiger partial charge in [-0.25, -0.2) is 0 Å². The third-order valence-corrected chi connectivity index (χ3v) is 5.24. The van der Waals surface area contributed by atoms with Gasteiger partial charge in [-0.15, -0.1) is 0 Å². The number of benzene rings is 1. The van der Waals surface area contributed by atoms with Gasteiger partial charge >= 0.3 is 0 Å². The normalized spacial score (nSPS) is 16.5. The molecule has 1 saturated heterocycles. The predicted molar refractivity (Wildman–Crippen MR) is 104 cm³/mol. The summed E-state index contributed by atoms with van der Waals surface area (Å²) in [5.41, 5.74) is 1.49. The van der Waals surface area contributed by atoms with Crippen molar-refractivity contribution in [2.45, 2.75) is 5.92 Å². The molecule has 6 heteroatoms. The largest absolute Gasteiger partial charge is 0.363 e. The molecule has 130 valence electrons. The van der Waals surface area contributed by atoms with E-state index < -0.39 is 5.92 Å². The van der Waals surface area contributed by atoms with Gasteiger partial charge in [0.15, 0.2) is 5.78 Å². The summed E-state index contributed by atoms with van der Waals surface area (Å²) < 4.78 is 0. The minimum atomic E-state index is -0.484. The van der Waals surface area contributed by atoms with Crippen molar-refractivity contribution < 1.29 is 4.79 Å². The van der Waals surface area contributed by atoms with Crippen molar-refractivity contribution in [2.75, 3.05) is 33.2 Å². The van der Waals surface area contributed by atoms with E-state index in [0.717, 1.165) is 31.7 Å². The van der Waals surface area contributed by atoms with Crippen molar-refractivity contribution in [3.05, 3.63) is 64.9 Å². The van der Waals surface area contributed by atoms with E-state index >= 15 is 0 Å². The highest BCUT2D eigenvalue weighted by Crippen LogP contribution is 2.26. The van der Waals surface area contributed by atoms with Crippen molar-refractivity contribution in [2.24, 2.45) is 0 Å². The Kier molecular flexibility index (Phi) is 5.78. The molecule has 1 fully saturated rings. The molecule has 1 aliphatic heterocycles. The zero-order valence-electron chi connectivity index (χ0n) is 14.1. The molecule has 0 N–H and O–H groups in total. The molecule has 0 spiro atoms. The number of hydrogen-bond donors (Lipinski definition) is 0. The molecule has 1 aromatic carbocycles. The first-order chi connectivity index (χ1) is 12.1. The zero-order valence-corrected chi connectivity index (χ0v) is 15.6. The predicted octanol–water partition coefficient (Wildman–Crippen LogP) is 3.28. The van der Waals surface area contributed by atoms with E-state index in [1.165, 1.54) is 0 Å². The smallest absolute Gasteiger partial charge is 0.177 e. The van der Waals surface area contributed by atoms with Crippen LogP contribution in [-0.4, -0.2) is 58.8 Å². The Bertz CT molecular complexity index is 743. The molecule has 1 aliphatic rings. The Hall–Kier alpha value is -1.82. The Labute approximate surface area is 158 Å². The molecule has 1 unspecified atom stereocenters. The molecule has 0 radical (unpaired) electrons. The summed E-state index contributed by atoms with van der Waals surface area (Å²) in [6.45, 7) is 3.56. The SMILES string of the molecule is CN1CCN(C(=S)C(C(=O)c2ccc(Cl)cc2)c2ccncc2)CC1. The highest BCUT2D eigenvalue weighted by Gasteiger charge is 2.30. The monoisotopic (exact) mass is 373 g/mol. The number of carbonyl (C=O) groups excluding carboxylic acids is 1. The van der Waals surface area contributed by atoms with Crippen molar-refractivity contribution in [1.29, 1.82) is 0 Å². The van der Waals surface area contributed by atoms with E-state index in [9.17, 15) is 4.79 Å². The minimum Gasteiger partial charge on any atom is -0.363 e. The summed E-state index contributed by atoms with van der Waals surface area (Å²) in [6.07, 6.45) is 3.40. The summed E-state index contributed by atoms with van der Waals surface area (Å²) in [5.74, 6) is -0.491. The van der Waals surface area contributed by atoms with Gasteiger partial charge in [-0.3, -0.25) is 9.78 Å². The first-order valence-corrected chi connectivity index (χ1v) is 9.02. The van der Waals surface area contributed by atoms with Gasteiger partial charge in [-0.1, -0.05) is 23.8 Å². The molecule has 4 nitrogen and oxygen atoms in total. The number of Topliss-reactive ketones (excluding diaryl/α,β-unsaturated/α-hetero) is 1. The van der Waals surface area contributed by atoms with Crippen LogP contribution in [0.25, 0.3) is 0 Å². The minimum absolute atomic E-state index is 0.00760. The van der Waals surface area contributed by atoms with Crippen LogP contribution in [0.15, 0.2) is 48.8 Å². The number of rotatable bonds is 4. The van der Waals surface area contributed by atoms with Gasteiger partial charge in [0.25, 0.3) is 0 Å². The first kappa shape index (κ1) is 18.0. The van der Waals surface area contributed by atoms with Gasteiger partial charge in [-0.05, 0) is 49.0 Å². The van der Waals surface area contributed by atoms with E-state index in [0.29, 0.717) is 15.6 Å². The number of piperazine rings is 1. The summed E-state index contributed by atoms with van der Waals surface area (Å²) >= 11 is 11.7.